The van der Waals surface area contributed by atoms with Crippen LogP contribution >= 0.6 is 0 Å². The van der Waals surface area contributed by atoms with Crippen molar-refractivity contribution in [3.05, 3.63) is 35.4 Å². The van der Waals surface area contributed by atoms with Crippen LogP contribution in [0.3, 0.4) is 0 Å². The van der Waals surface area contributed by atoms with E-state index in [2.05, 4.69) is 4.74 Å². The lowest BCUT2D eigenvalue weighted by Gasteiger charge is -2.15. The van der Waals surface area contributed by atoms with Crippen LogP contribution in [-0.4, -0.2) is 12.7 Å². The number of hydrogen-bond acceptors (Lipinski definition) is 1. The summed E-state index contributed by atoms with van der Waals surface area (Å²) in [5.74, 6) is 0. The van der Waals surface area contributed by atoms with Gasteiger partial charge in [-0.2, -0.15) is 8.78 Å². The Morgan fingerprint density at radius 1 is 1.33 bits per heavy atom. The maximum Gasteiger partial charge on any atom is 0.345 e. The molecule has 84 valence electrons. The first-order chi connectivity index (χ1) is 7.11. The van der Waals surface area contributed by atoms with Crippen LogP contribution in [0.2, 0.25) is 0 Å². The first kappa shape index (κ1) is 12.1. The second kappa shape index (κ2) is 5.81. The van der Waals surface area contributed by atoms with Gasteiger partial charge in [-0.1, -0.05) is 36.8 Å². The molecule has 0 aliphatic rings. The topological polar surface area (TPSA) is 9.23 Å². The van der Waals surface area contributed by atoms with Gasteiger partial charge in [0.05, 0.1) is 6.10 Å². The third-order valence-electron chi connectivity index (χ3n) is 2.30. The number of benzene rings is 1. The Morgan fingerprint density at radius 3 is 2.60 bits per heavy atom. The average Bonchev–Trinajstić information content (AvgIpc) is 2.16. The van der Waals surface area contributed by atoms with Gasteiger partial charge < -0.3 is 4.74 Å². The molecule has 0 radical (unpaired) electrons. The number of aryl methyl sites for hydroxylation is 1. The predicted molar refractivity (Wildman–Crippen MR) is 56.1 cm³/mol. The summed E-state index contributed by atoms with van der Waals surface area (Å²) in [6.07, 6.45) is 0.743. The van der Waals surface area contributed by atoms with E-state index in [9.17, 15) is 8.78 Å². The highest BCUT2D eigenvalue weighted by molar-refractivity contribution is 5.22. The Kier molecular flexibility index (Phi) is 4.69. The molecule has 1 atom stereocenters. The third kappa shape index (κ3) is 4.38. The van der Waals surface area contributed by atoms with Gasteiger partial charge >= 0.3 is 6.61 Å². The van der Waals surface area contributed by atoms with E-state index in [4.69, 9.17) is 0 Å². The van der Waals surface area contributed by atoms with Crippen molar-refractivity contribution in [2.45, 2.75) is 39.4 Å². The largest absolute Gasteiger partial charge is 0.345 e. The highest BCUT2D eigenvalue weighted by Crippen LogP contribution is 2.13. The number of halogens is 2. The average molecular weight is 214 g/mol. The Labute approximate surface area is 89.1 Å². The standard InChI is InChI=1S/C12H16F2O/c1-3-11(15-12(13)14)8-10-6-4-5-9(2)7-10/h4-7,11-12H,3,8H2,1-2H3. The summed E-state index contributed by atoms with van der Waals surface area (Å²) in [4.78, 5) is 0. The zero-order valence-corrected chi connectivity index (χ0v) is 9.04. The lowest BCUT2D eigenvalue weighted by molar-refractivity contribution is -0.162. The number of alkyl halides is 2. The quantitative estimate of drug-likeness (QED) is 0.728. The molecule has 1 nitrogen and oxygen atoms in total. The molecular weight excluding hydrogens is 198 g/mol. The van der Waals surface area contributed by atoms with E-state index in [-0.39, 0.29) is 0 Å². The summed E-state index contributed by atoms with van der Waals surface area (Å²) in [5.41, 5.74) is 2.18. The molecule has 0 spiro atoms. The molecule has 0 heterocycles. The zero-order chi connectivity index (χ0) is 11.3. The highest BCUT2D eigenvalue weighted by atomic mass is 19.3. The normalized spacial score (nSPS) is 13.1. The van der Waals surface area contributed by atoms with Crippen LogP contribution in [-0.2, 0) is 11.2 Å². The molecule has 0 aliphatic heterocycles. The van der Waals surface area contributed by atoms with E-state index >= 15 is 0 Å². The Hall–Kier alpha value is -0.960. The summed E-state index contributed by atoms with van der Waals surface area (Å²) >= 11 is 0. The van der Waals surface area contributed by atoms with Crippen molar-refractivity contribution >= 4 is 0 Å². The smallest absolute Gasteiger partial charge is 0.319 e. The van der Waals surface area contributed by atoms with Crippen LogP contribution < -0.4 is 0 Å². The molecule has 15 heavy (non-hydrogen) atoms. The molecule has 1 rings (SSSR count). The molecule has 1 aromatic carbocycles. The van der Waals surface area contributed by atoms with E-state index in [0.29, 0.717) is 12.8 Å². The van der Waals surface area contributed by atoms with Crippen LogP contribution in [0.1, 0.15) is 24.5 Å². The fourth-order valence-electron chi connectivity index (χ4n) is 1.54. The molecule has 0 aliphatic carbocycles. The van der Waals surface area contributed by atoms with Gasteiger partial charge in [-0.15, -0.1) is 0 Å². The van der Waals surface area contributed by atoms with Crippen LogP contribution in [0.15, 0.2) is 24.3 Å². The van der Waals surface area contributed by atoms with Crippen LogP contribution in [0, 0.1) is 6.92 Å². The van der Waals surface area contributed by atoms with Gasteiger partial charge in [0.25, 0.3) is 0 Å². The van der Waals surface area contributed by atoms with Crippen molar-refractivity contribution in [2.24, 2.45) is 0 Å². The lowest BCUT2D eigenvalue weighted by Crippen LogP contribution is -2.18. The summed E-state index contributed by atoms with van der Waals surface area (Å²) in [6.45, 7) is 1.15. The molecular formula is C12H16F2O. The molecule has 1 aromatic rings. The lowest BCUT2D eigenvalue weighted by atomic mass is 10.0. The first-order valence-corrected chi connectivity index (χ1v) is 5.11. The monoisotopic (exact) mass is 214 g/mol. The molecule has 1 unspecified atom stereocenters. The molecule has 0 saturated heterocycles. The Bertz CT molecular complexity index is 299. The van der Waals surface area contributed by atoms with Gasteiger partial charge in [-0.3, -0.25) is 0 Å². The van der Waals surface area contributed by atoms with Crippen LogP contribution in [0.4, 0.5) is 8.78 Å². The molecule has 0 saturated carbocycles. The number of rotatable bonds is 5. The van der Waals surface area contributed by atoms with Gasteiger partial charge in [0, 0.05) is 0 Å². The first-order valence-electron chi connectivity index (χ1n) is 5.11. The van der Waals surface area contributed by atoms with Crippen molar-refractivity contribution in [3.63, 3.8) is 0 Å². The maximum atomic E-state index is 12.0. The summed E-state index contributed by atoms with van der Waals surface area (Å²) in [5, 5.41) is 0. The number of ether oxygens (including phenoxy) is 1. The minimum atomic E-state index is -2.68. The molecule has 0 fully saturated rings. The van der Waals surface area contributed by atoms with E-state index in [0.717, 1.165) is 11.1 Å². The fourth-order valence-corrected chi connectivity index (χ4v) is 1.54. The number of hydrogen-bond donors (Lipinski definition) is 0. The Balaban J connectivity index is 2.58. The van der Waals surface area contributed by atoms with Gasteiger partial charge in [0.1, 0.15) is 0 Å². The van der Waals surface area contributed by atoms with E-state index in [1.54, 1.807) is 0 Å². The molecule has 3 heteroatoms. The minimum absolute atomic E-state index is 0.396. The zero-order valence-electron chi connectivity index (χ0n) is 9.04. The summed E-state index contributed by atoms with van der Waals surface area (Å²) in [7, 11) is 0. The molecule has 0 N–H and O–H groups in total. The summed E-state index contributed by atoms with van der Waals surface area (Å²) < 4.78 is 28.6. The van der Waals surface area contributed by atoms with Crippen molar-refractivity contribution in [1.29, 1.82) is 0 Å². The van der Waals surface area contributed by atoms with Crippen molar-refractivity contribution < 1.29 is 13.5 Å². The van der Waals surface area contributed by atoms with Crippen molar-refractivity contribution in [1.82, 2.24) is 0 Å². The Morgan fingerprint density at radius 2 is 2.07 bits per heavy atom. The van der Waals surface area contributed by atoms with E-state index < -0.39 is 12.7 Å². The second-order valence-corrected chi connectivity index (χ2v) is 3.62. The van der Waals surface area contributed by atoms with E-state index in [1.807, 2.05) is 38.1 Å². The summed E-state index contributed by atoms with van der Waals surface area (Å²) in [6, 6.07) is 7.85. The third-order valence-corrected chi connectivity index (χ3v) is 2.30. The van der Waals surface area contributed by atoms with Crippen LogP contribution in [0.25, 0.3) is 0 Å². The predicted octanol–water partition coefficient (Wildman–Crippen LogP) is 3.56. The highest BCUT2D eigenvalue weighted by Gasteiger charge is 2.13. The minimum Gasteiger partial charge on any atom is -0.319 e. The molecule has 0 bridgehead atoms. The van der Waals surface area contributed by atoms with Gasteiger partial charge in [0.15, 0.2) is 0 Å². The molecule has 0 amide bonds. The maximum absolute atomic E-state index is 12.0. The van der Waals surface area contributed by atoms with Crippen LogP contribution in [0.5, 0.6) is 0 Å². The fraction of sp³-hybridized carbons (Fsp3) is 0.500. The van der Waals surface area contributed by atoms with Gasteiger partial charge in [-0.25, -0.2) is 0 Å². The van der Waals surface area contributed by atoms with Crippen molar-refractivity contribution in [2.75, 3.05) is 0 Å². The SMILES string of the molecule is CCC(Cc1cccc(C)c1)OC(F)F. The van der Waals surface area contributed by atoms with Gasteiger partial charge in [0.2, 0.25) is 0 Å². The molecule has 0 aromatic heterocycles. The van der Waals surface area contributed by atoms with Crippen molar-refractivity contribution in [3.8, 4) is 0 Å². The van der Waals surface area contributed by atoms with E-state index in [1.165, 1.54) is 0 Å². The van der Waals surface area contributed by atoms with Gasteiger partial charge in [-0.05, 0) is 25.3 Å². The second-order valence-electron chi connectivity index (χ2n) is 3.62.